The molecule has 2 nitrogen and oxygen atoms in total. The van der Waals surface area contributed by atoms with E-state index in [1.807, 2.05) is 0 Å². The van der Waals surface area contributed by atoms with E-state index < -0.39 is 0 Å². The van der Waals surface area contributed by atoms with Gasteiger partial charge in [-0.05, 0) is 31.5 Å². The molecule has 1 unspecified atom stereocenters. The predicted molar refractivity (Wildman–Crippen MR) is 60.0 cm³/mol. The Balaban J connectivity index is 2.78. The van der Waals surface area contributed by atoms with Crippen molar-refractivity contribution >= 4 is 0 Å². The number of aromatic nitrogens is 1. The van der Waals surface area contributed by atoms with E-state index in [2.05, 4.69) is 23.8 Å². The first-order chi connectivity index (χ1) is 7.29. The summed E-state index contributed by atoms with van der Waals surface area (Å²) in [5.74, 6) is -0.257. The summed E-state index contributed by atoms with van der Waals surface area (Å²) in [5.41, 5.74) is 0.478. The average Bonchev–Trinajstić information content (AvgIpc) is 2.25. The highest BCUT2D eigenvalue weighted by Gasteiger charge is 2.14. The van der Waals surface area contributed by atoms with Crippen molar-refractivity contribution in [3.63, 3.8) is 0 Å². The van der Waals surface area contributed by atoms with Gasteiger partial charge in [-0.3, -0.25) is 4.98 Å². The van der Waals surface area contributed by atoms with Gasteiger partial charge in [-0.2, -0.15) is 0 Å². The van der Waals surface area contributed by atoms with E-state index in [0.717, 1.165) is 13.0 Å². The van der Waals surface area contributed by atoms with Gasteiger partial charge in [0, 0.05) is 6.20 Å². The van der Waals surface area contributed by atoms with E-state index in [0.29, 0.717) is 12.1 Å². The highest BCUT2D eigenvalue weighted by molar-refractivity contribution is 5.12. The second-order valence-electron chi connectivity index (χ2n) is 3.40. The van der Waals surface area contributed by atoms with Crippen molar-refractivity contribution in [1.82, 2.24) is 10.3 Å². The molecule has 0 saturated carbocycles. The lowest BCUT2D eigenvalue weighted by atomic mass is 10.1. The maximum Gasteiger partial charge on any atom is 0.146 e. The minimum absolute atomic E-state index is 0.0661. The lowest BCUT2D eigenvalue weighted by molar-refractivity contribution is 0.488. The average molecular weight is 208 g/mol. The number of nitrogens with zero attached hydrogens (tertiary/aromatic N) is 1. The van der Waals surface area contributed by atoms with Crippen molar-refractivity contribution in [2.24, 2.45) is 0 Å². The molecular weight excluding hydrogens is 191 g/mol. The molecule has 1 aromatic rings. The third-order valence-corrected chi connectivity index (χ3v) is 2.16. The lowest BCUT2D eigenvalue weighted by Crippen LogP contribution is -2.23. The van der Waals surface area contributed by atoms with Gasteiger partial charge >= 0.3 is 0 Å². The van der Waals surface area contributed by atoms with Gasteiger partial charge in [0.05, 0.1) is 11.7 Å². The molecule has 0 spiro atoms. The molecule has 3 heteroatoms. The van der Waals surface area contributed by atoms with Crippen molar-refractivity contribution in [2.75, 3.05) is 6.54 Å². The van der Waals surface area contributed by atoms with Crippen molar-refractivity contribution < 1.29 is 4.39 Å². The lowest BCUT2D eigenvalue weighted by Gasteiger charge is -2.16. The zero-order valence-corrected chi connectivity index (χ0v) is 9.04. The largest absolute Gasteiger partial charge is 0.308 e. The molecule has 1 N–H and O–H groups in total. The summed E-state index contributed by atoms with van der Waals surface area (Å²) in [5, 5.41) is 3.25. The molecule has 0 aliphatic carbocycles. The highest BCUT2D eigenvalue weighted by atomic mass is 19.1. The van der Waals surface area contributed by atoms with Gasteiger partial charge in [-0.1, -0.05) is 13.0 Å². The summed E-state index contributed by atoms with van der Waals surface area (Å²) < 4.78 is 13.5. The first-order valence-corrected chi connectivity index (χ1v) is 5.24. The Hall–Kier alpha value is -1.22. The van der Waals surface area contributed by atoms with Crippen LogP contribution in [0.25, 0.3) is 0 Å². The summed E-state index contributed by atoms with van der Waals surface area (Å²) in [6.07, 6.45) is 5.10. The predicted octanol–water partition coefficient (Wildman–Crippen LogP) is 2.84. The summed E-state index contributed by atoms with van der Waals surface area (Å²) in [7, 11) is 0. The quantitative estimate of drug-likeness (QED) is 0.727. The van der Waals surface area contributed by atoms with Gasteiger partial charge in [-0.15, -0.1) is 6.58 Å². The van der Waals surface area contributed by atoms with Gasteiger partial charge in [0.15, 0.2) is 0 Å². The molecule has 1 heterocycles. The molecule has 0 aliphatic rings. The molecule has 0 amide bonds. The number of hydrogen-bond donors (Lipinski definition) is 1. The first kappa shape index (κ1) is 11.9. The molecule has 0 aromatic carbocycles. The standard InChI is InChI=1S/C12H17FN2/c1-3-6-11(14-8-4-2)12-10(13)7-5-9-15-12/h3,5,7,9,11,14H,1,4,6,8H2,2H3. The number of hydrogen-bond acceptors (Lipinski definition) is 2. The minimum Gasteiger partial charge on any atom is -0.308 e. The zero-order valence-electron chi connectivity index (χ0n) is 9.04. The van der Waals surface area contributed by atoms with Crippen LogP contribution in [0.1, 0.15) is 31.5 Å². The van der Waals surface area contributed by atoms with Crippen molar-refractivity contribution in [3.8, 4) is 0 Å². The van der Waals surface area contributed by atoms with Crippen LogP contribution in [-0.4, -0.2) is 11.5 Å². The minimum atomic E-state index is -0.257. The highest BCUT2D eigenvalue weighted by Crippen LogP contribution is 2.17. The molecule has 15 heavy (non-hydrogen) atoms. The smallest absolute Gasteiger partial charge is 0.146 e. The fourth-order valence-corrected chi connectivity index (χ4v) is 1.43. The molecule has 82 valence electrons. The summed E-state index contributed by atoms with van der Waals surface area (Å²) >= 11 is 0. The van der Waals surface area contributed by atoms with Crippen LogP contribution in [0, 0.1) is 5.82 Å². The number of halogens is 1. The van der Waals surface area contributed by atoms with Crippen molar-refractivity contribution in [2.45, 2.75) is 25.8 Å². The third kappa shape index (κ3) is 3.44. The maximum atomic E-state index is 13.5. The van der Waals surface area contributed by atoms with Gasteiger partial charge in [0.2, 0.25) is 0 Å². The van der Waals surface area contributed by atoms with Gasteiger partial charge in [0.1, 0.15) is 5.82 Å². The van der Waals surface area contributed by atoms with Crippen LogP contribution in [0.4, 0.5) is 4.39 Å². The Labute approximate surface area is 90.2 Å². The van der Waals surface area contributed by atoms with Crippen LogP contribution in [-0.2, 0) is 0 Å². The fourth-order valence-electron chi connectivity index (χ4n) is 1.43. The number of nitrogens with one attached hydrogen (secondary N) is 1. The second kappa shape index (κ2) is 6.30. The molecule has 1 rings (SSSR count). The van der Waals surface area contributed by atoms with Gasteiger partial charge in [0.25, 0.3) is 0 Å². The van der Waals surface area contributed by atoms with Crippen molar-refractivity contribution in [3.05, 3.63) is 42.5 Å². The molecule has 0 fully saturated rings. The van der Waals surface area contributed by atoms with Crippen LogP contribution in [0.15, 0.2) is 31.0 Å². The van der Waals surface area contributed by atoms with Crippen LogP contribution in [0.2, 0.25) is 0 Å². The maximum absolute atomic E-state index is 13.5. The monoisotopic (exact) mass is 208 g/mol. The SMILES string of the molecule is C=CCC(NCCC)c1ncccc1F. The number of pyridine rings is 1. The first-order valence-electron chi connectivity index (χ1n) is 5.24. The Morgan fingerprint density at radius 2 is 2.47 bits per heavy atom. The van der Waals surface area contributed by atoms with E-state index in [1.165, 1.54) is 6.07 Å². The van der Waals surface area contributed by atoms with Gasteiger partial charge < -0.3 is 5.32 Å². The molecule has 0 bridgehead atoms. The molecule has 0 saturated heterocycles. The second-order valence-corrected chi connectivity index (χ2v) is 3.40. The molecule has 0 radical (unpaired) electrons. The van der Waals surface area contributed by atoms with Crippen LogP contribution in [0.3, 0.4) is 0 Å². The Bertz CT molecular complexity index is 312. The Kier molecular flexibility index (Phi) is 4.98. The molecule has 1 aromatic heterocycles. The summed E-state index contributed by atoms with van der Waals surface area (Å²) in [4.78, 5) is 4.06. The molecular formula is C12H17FN2. The Morgan fingerprint density at radius 3 is 3.07 bits per heavy atom. The number of rotatable bonds is 6. The summed E-state index contributed by atoms with van der Waals surface area (Å²) in [6.45, 7) is 6.61. The third-order valence-electron chi connectivity index (χ3n) is 2.16. The van der Waals surface area contributed by atoms with E-state index >= 15 is 0 Å². The fraction of sp³-hybridized carbons (Fsp3) is 0.417. The van der Waals surface area contributed by atoms with E-state index in [1.54, 1.807) is 18.3 Å². The molecule has 0 aliphatic heterocycles. The van der Waals surface area contributed by atoms with Crippen LogP contribution < -0.4 is 5.32 Å². The van der Waals surface area contributed by atoms with E-state index in [9.17, 15) is 4.39 Å². The van der Waals surface area contributed by atoms with Crippen molar-refractivity contribution in [1.29, 1.82) is 0 Å². The topological polar surface area (TPSA) is 24.9 Å². The summed E-state index contributed by atoms with van der Waals surface area (Å²) in [6, 6.07) is 2.97. The Morgan fingerprint density at radius 1 is 1.67 bits per heavy atom. The molecule has 1 atom stereocenters. The van der Waals surface area contributed by atoms with E-state index in [4.69, 9.17) is 0 Å². The van der Waals surface area contributed by atoms with E-state index in [-0.39, 0.29) is 11.9 Å². The normalized spacial score (nSPS) is 12.4. The van der Waals surface area contributed by atoms with Crippen LogP contribution >= 0.6 is 0 Å². The van der Waals surface area contributed by atoms with Gasteiger partial charge in [-0.25, -0.2) is 4.39 Å². The zero-order chi connectivity index (χ0) is 11.1. The van der Waals surface area contributed by atoms with Crippen LogP contribution in [0.5, 0.6) is 0 Å².